The number of carbonyl (C=O) groups is 1. The number of hydrogen-bond donors (Lipinski definition) is 1. The first-order chi connectivity index (χ1) is 7.15. The van der Waals surface area contributed by atoms with Crippen LogP contribution >= 0.6 is 15.9 Å². The van der Waals surface area contributed by atoms with Gasteiger partial charge < -0.3 is 5.32 Å². The van der Waals surface area contributed by atoms with Crippen molar-refractivity contribution in [3.8, 4) is 0 Å². The van der Waals surface area contributed by atoms with Gasteiger partial charge in [0.05, 0.1) is 0 Å². The molecular formula is C12H22BrNO. The Balaban J connectivity index is 2.20. The molecule has 0 aromatic carbocycles. The van der Waals surface area contributed by atoms with Crippen LogP contribution in [0, 0.1) is 11.8 Å². The highest BCUT2D eigenvalue weighted by Gasteiger charge is 2.30. The van der Waals surface area contributed by atoms with Gasteiger partial charge in [-0.2, -0.15) is 0 Å². The van der Waals surface area contributed by atoms with Crippen molar-refractivity contribution in [3.05, 3.63) is 0 Å². The second-order valence-corrected chi connectivity index (χ2v) is 5.53. The van der Waals surface area contributed by atoms with Crippen LogP contribution in [0.25, 0.3) is 0 Å². The molecular weight excluding hydrogens is 254 g/mol. The number of halogens is 1. The lowest BCUT2D eigenvalue weighted by Crippen LogP contribution is -2.37. The number of nitrogens with one attached hydrogen (secondary N) is 1. The van der Waals surface area contributed by atoms with E-state index in [-0.39, 0.29) is 5.91 Å². The Hall–Kier alpha value is -0.0500. The zero-order chi connectivity index (χ0) is 11.3. The van der Waals surface area contributed by atoms with Gasteiger partial charge in [0.25, 0.3) is 0 Å². The molecule has 2 nitrogen and oxygen atoms in total. The summed E-state index contributed by atoms with van der Waals surface area (Å²) in [6.07, 6.45) is 5.18. The first kappa shape index (κ1) is 13.0. The molecule has 0 saturated heterocycles. The van der Waals surface area contributed by atoms with E-state index >= 15 is 0 Å². The van der Waals surface area contributed by atoms with E-state index in [4.69, 9.17) is 0 Å². The van der Waals surface area contributed by atoms with Gasteiger partial charge in [-0.25, -0.2) is 0 Å². The number of amides is 1. The van der Waals surface area contributed by atoms with Crippen LogP contribution in [0.5, 0.6) is 0 Å². The van der Waals surface area contributed by atoms with Crippen LogP contribution in [0.4, 0.5) is 0 Å². The first-order valence-electron chi connectivity index (χ1n) is 6.00. The summed E-state index contributed by atoms with van der Waals surface area (Å²) in [4.78, 5) is 11.6. The molecule has 1 fully saturated rings. The van der Waals surface area contributed by atoms with E-state index in [1.807, 2.05) is 0 Å². The molecule has 1 aliphatic carbocycles. The maximum absolute atomic E-state index is 11.6. The Bertz CT molecular complexity index is 208. The lowest BCUT2D eigenvalue weighted by Gasteiger charge is -2.19. The lowest BCUT2D eigenvalue weighted by molar-refractivity contribution is -0.122. The SMILES string of the molecule is CC1CCC(NC(=O)CCCCBr)C1C. The number of unbranched alkanes of at least 4 members (excludes halogenated alkanes) is 1. The summed E-state index contributed by atoms with van der Waals surface area (Å²) in [6.45, 7) is 4.53. The van der Waals surface area contributed by atoms with Gasteiger partial charge in [-0.3, -0.25) is 4.79 Å². The normalized spacial score (nSPS) is 30.5. The molecule has 3 heteroatoms. The van der Waals surface area contributed by atoms with Gasteiger partial charge in [-0.05, 0) is 37.5 Å². The molecule has 0 aromatic rings. The van der Waals surface area contributed by atoms with Gasteiger partial charge in [0.1, 0.15) is 0 Å². The van der Waals surface area contributed by atoms with E-state index in [1.165, 1.54) is 6.42 Å². The van der Waals surface area contributed by atoms with Crippen LogP contribution in [0.15, 0.2) is 0 Å². The van der Waals surface area contributed by atoms with E-state index in [9.17, 15) is 4.79 Å². The van der Waals surface area contributed by atoms with Crippen LogP contribution in [-0.4, -0.2) is 17.3 Å². The zero-order valence-electron chi connectivity index (χ0n) is 9.76. The predicted octanol–water partition coefficient (Wildman–Crippen LogP) is 3.10. The first-order valence-corrected chi connectivity index (χ1v) is 7.12. The maximum atomic E-state index is 11.6. The number of alkyl halides is 1. The third-order valence-corrected chi connectivity index (χ3v) is 4.16. The predicted molar refractivity (Wildman–Crippen MR) is 67.1 cm³/mol. The van der Waals surface area contributed by atoms with Crippen molar-refractivity contribution >= 4 is 21.8 Å². The standard InChI is InChI=1S/C12H22BrNO/c1-9-6-7-11(10(9)2)14-12(15)5-3-4-8-13/h9-11H,3-8H2,1-2H3,(H,14,15). The number of hydrogen-bond acceptors (Lipinski definition) is 1. The van der Waals surface area contributed by atoms with Crippen molar-refractivity contribution in [1.82, 2.24) is 5.32 Å². The van der Waals surface area contributed by atoms with Gasteiger partial charge in [0.15, 0.2) is 0 Å². The van der Waals surface area contributed by atoms with E-state index in [1.54, 1.807) is 0 Å². The summed E-state index contributed by atoms with van der Waals surface area (Å²) in [6, 6.07) is 0.427. The van der Waals surface area contributed by atoms with Gasteiger partial charge in [0, 0.05) is 17.8 Å². The highest BCUT2D eigenvalue weighted by Crippen LogP contribution is 2.31. The largest absolute Gasteiger partial charge is 0.353 e. The summed E-state index contributed by atoms with van der Waals surface area (Å²) in [7, 11) is 0. The molecule has 1 saturated carbocycles. The Labute approximate surface area is 101 Å². The molecule has 3 atom stereocenters. The average Bonchev–Trinajstić information content (AvgIpc) is 2.50. The Morgan fingerprint density at radius 3 is 2.60 bits per heavy atom. The van der Waals surface area contributed by atoms with Crippen LogP contribution in [0.2, 0.25) is 0 Å². The topological polar surface area (TPSA) is 29.1 Å². The van der Waals surface area contributed by atoms with E-state index < -0.39 is 0 Å². The third kappa shape index (κ3) is 4.13. The van der Waals surface area contributed by atoms with Gasteiger partial charge in [-0.1, -0.05) is 29.8 Å². The second kappa shape index (κ2) is 6.51. The molecule has 0 radical (unpaired) electrons. The fourth-order valence-corrected chi connectivity index (χ4v) is 2.62. The average molecular weight is 276 g/mol. The van der Waals surface area contributed by atoms with Crippen molar-refractivity contribution in [2.24, 2.45) is 11.8 Å². The Morgan fingerprint density at radius 2 is 2.07 bits per heavy atom. The van der Waals surface area contributed by atoms with Crippen LogP contribution in [0.1, 0.15) is 46.0 Å². The summed E-state index contributed by atoms with van der Waals surface area (Å²) in [5.74, 6) is 1.64. The maximum Gasteiger partial charge on any atom is 0.220 e. The van der Waals surface area contributed by atoms with Gasteiger partial charge >= 0.3 is 0 Å². The molecule has 0 aromatic heterocycles. The fraction of sp³-hybridized carbons (Fsp3) is 0.917. The van der Waals surface area contributed by atoms with Crippen LogP contribution in [-0.2, 0) is 4.79 Å². The minimum absolute atomic E-state index is 0.238. The van der Waals surface area contributed by atoms with Gasteiger partial charge in [-0.15, -0.1) is 0 Å². The summed E-state index contributed by atoms with van der Waals surface area (Å²) in [5, 5.41) is 4.16. The van der Waals surface area contributed by atoms with E-state index in [2.05, 4.69) is 35.1 Å². The fourth-order valence-electron chi connectivity index (χ4n) is 2.23. The van der Waals surface area contributed by atoms with Crippen LogP contribution < -0.4 is 5.32 Å². The highest BCUT2D eigenvalue weighted by molar-refractivity contribution is 9.09. The molecule has 1 aliphatic rings. The minimum atomic E-state index is 0.238. The molecule has 1 amide bonds. The lowest BCUT2D eigenvalue weighted by atomic mass is 9.98. The van der Waals surface area contributed by atoms with Crippen molar-refractivity contribution < 1.29 is 4.79 Å². The molecule has 0 bridgehead atoms. The van der Waals surface area contributed by atoms with Crippen LogP contribution in [0.3, 0.4) is 0 Å². The molecule has 0 spiro atoms. The van der Waals surface area contributed by atoms with Crippen molar-refractivity contribution in [2.45, 2.75) is 52.0 Å². The Morgan fingerprint density at radius 1 is 1.33 bits per heavy atom. The zero-order valence-corrected chi connectivity index (χ0v) is 11.3. The molecule has 0 heterocycles. The molecule has 3 unspecified atom stereocenters. The summed E-state index contributed by atoms with van der Waals surface area (Å²) in [5.41, 5.74) is 0. The molecule has 1 N–H and O–H groups in total. The minimum Gasteiger partial charge on any atom is -0.353 e. The second-order valence-electron chi connectivity index (χ2n) is 4.73. The smallest absolute Gasteiger partial charge is 0.220 e. The van der Waals surface area contributed by atoms with Crippen molar-refractivity contribution in [3.63, 3.8) is 0 Å². The monoisotopic (exact) mass is 275 g/mol. The quantitative estimate of drug-likeness (QED) is 0.606. The Kier molecular flexibility index (Phi) is 5.65. The van der Waals surface area contributed by atoms with E-state index in [0.29, 0.717) is 18.4 Å². The van der Waals surface area contributed by atoms with Crippen molar-refractivity contribution in [2.75, 3.05) is 5.33 Å². The molecule has 0 aliphatic heterocycles. The molecule has 15 heavy (non-hydrogen) atoms. The number of carbonyl (C=O) groups excluding carboxylic acids is 1. The summed E-state index contributed by atoms with van der Waals surface area (Å²) >= 11 is 3.37. The van der Waals surface area contributed by atoms with E-state index in [0.717, 1.165) is 30.5 Å². The number of rotatable bonds is 5. The molecule has 88 valence electrons. The molecule has 1 rings (SSSR count). The highest BCUT2D eigenvalue weighted by atomic mass is 79.9. The summed E-state index contributed by atoms with van der Waals surface area (Å²) < 4.78 is 0. The van der Waals surface area contributed by atoms with Gasteiger partial charge in [0.2, 0.25) is 5.91 Å². The van der Waals surface area contributed by atoms with Crippen molar-refractivity contribution in [1.29, 1.82) is 0 Å². The third-order valence-electron chi connectivity index (χ3n) is 3.60.